The second-order valence-electron chi connectivity index (χ2n) is 20.4. The third kappa shape index (κ3) is 57.5. The van der Waals surface area contributed by atoms with Crippen LogP contribution in [0.15, 0.2) is 0 Å². The van der Waals surface area contributed by atoms with Crippen LogP contribution in [0.25, 0.3) is 0 Å². The Hall–Kier alpha value is -0.530. The number of unbranched alkanes of at least 4 members (excludes halogenated alkanes) is 52. The molecule has 0 fully saturated rings. The van der Waals surface area contributed by atoms with E-state index in [1.54, 1.807) is 0 Å². The molecule has 0 atom stereocenters. The minimum absolute atomic E-state index is 0.0365. The number of carbonyl (C=O) groups is 1. The first-order chi connectivity index (χ1) is 30.3. The highest BCUT2D eigenvalue weighted by molar-refractivity contribution is 5.69. The standard InChI is InChI=1S/C59H118O2/c1-3-5-7-9-11-13-15-17-19-21-23-25-27-29-31-32-34-36-38-40-42-44-46-48-50-52-54-56-58-61-59(60)57-55-53-51-49-47-45-43-41-39-37-35-33-30-28-26-24-22-20-18-16-14-12-10-8-6-4-2/h3-58H2,1-2H3. The van der Waals surface area contributed by atoms with Crippen molar-refractivity contribution in [3.05, 3.63) is 0 Å². The molecule has 0 saturated heterocycles. The molecule has 0 unspecified atom stereocenters. The van der Waals surface area contributed by atoms with Gasteiger partial charge in [-0.1, -0.05) is 348 Å². The van der Waals surface area contributed by atoms with Gasteiger partial charge in [0.1, 0.15) is 0 Å². The van der Waals surface area contributed by atoms with Gasteiger partial charge in [-0.2, -0.15) is 0 Å². The fourth-order valence-electron chi connectivity index (χ4n) is 9.61. The lowest BCUT2D eigenvalue weighted by atomic mass is 10.0. The Morgan fingerprint density at radius 1 is 0.213 bits per heavy atom. The Morgan fingerprint density at radius 3 is 0.541 bits per heavy atom. The van der Waals surface area contributed by atoms with E-state index in [1.807, 2.05) is 0 Å². The van der Waals surface area contributed by atoms with Crippen LogP contribution in [0, 0.1) is 0 Å². The first kappa shape index (κ1) is 60.5. The highest BCUT2D eigenvalue weighted by atomic mass is 16.5. The molecular formula is C59H118O2. The molecule has 0 rings (SSSR count). The second kappa shape index (κ2) is 57.5. The molecular weight excluding hydrogens is 741 g/mol. The van der Waals surface area contributed by atoms with Gasteiger partial charge in [0.2, 0.25) is 0 Å². The van der Waals surface area contributed by atoms with Crippen LogP contribution in [-0.2, 0) is 9.53 Å². The Kier molecular flexibility index (Phi) is 57.0. The number of carbonyl (C=O) groups excluding carboxylic acids is 1. The monoisotopic (exact) mass is 859 g/mol. The zero-order valence-electron chi connectivity index (χ0n) is 42.9. The van der Waals surface area contributed by atoms with E-state index in [1.165, 1.54) is 334 Å². The van der Waals surface area contributed by atoms with Gasteiger partial charge in [-0.25, -0.2) is 0 Å². The summed E-state index contributed by atoms with van der Waals surface area (Å²) in [4.78, 5) is 12.1. The summed E-state index contributed by atoms with van der Waals surface area (Å²) in [6.07, 6.45) is 77.3. The normalized spacial score (nSPS) is 11.6. The summed E-state index contributed by atoms with van der Waals surface area (Å²) in [5.74, 6) is 0.0365. The Bertz CT molecular complexity index is 762. The van der Waals surface area contributed by atoms with Crippen LogP contribution in [0.3, 0.4) is 0 Å². The molecule has 0 saturated carbocycles. The van der Waals surface area contributed by atoms with E-state index in [-0.39, 0.29) is 5.97 Å². The minimum atomic E-state index is 0.0365. The Morgan fingerprint density at radius 2 is 0.361 bits per heavy atom. The molecule has 0 aromatic carbocycles. The van der Waals surface area contributed by atoms with Gasteiger partial charge < -0.3 is 4.74 Å². The van der Waals surface area contributed by atoms with E-state index in [0.29, 0.717) is 13.0 Å². The molecule has 2 nitrogen and oxygen atoms in total. The van der Waals surface area contributed by atoms with Crippen molar-refractivity contribution in [2.24, 2.45) is 0 Å². The van der Waals surface area contributed by atoms with Gasteiger partial charge in [0, 0.05) is 6.42 Å². The van der Waals surface area contributed by atoms with Crippen molar-refractivity contribution >= 4 is 5.97 Å². The van der Waals surface area contributed by atoms with Gasteiger partial charge >= 0.3 is 5.97 Å². The predicted octanol–water partition coefficient (Wildman–Crippen LogP) is 22.0. The minimum Gasteiger partial charge on any atom is -0.466 e. The first-order valence-corrected chi connectivity index (χ1v) is 29.5. The third-order valence-electron chi connectivity index (χ3n) is 14.0. The molecule has 0 bridgehead atoms. The molecule has 0 aromatic heterocycles. The number of ether oxygens (including phenoxy) is 1. The molecule has 0 aliphatic carbocycles. The van der Waals surface area contributed by atoms with E-state index in [4.69, 9.17) is 4.74 Å². The van der Waals surface area contributed by atoms with Crippen molar-refractivity contribution in [1.82, 2.24) is 0 Å². The number of hydrogen-bond acceptors (Lipinski definition) is 2. The third-order valence-corrected chi connectivity index (χ3v) is 14.0. The molecule has 0 spiro atoms. The van der Waals surface area contributed by atoms with Crippen LogP contribution in [0.4, 0.5) is 0 Å². The summed E-state index contributed by atoms with van der Waals surface area (Å²) in [6.45, 7) is 5.25. The van der Waals surface area contributed by atoms with Crippen LogP contribution in [0.1, 0.15) is 367 Å². The van der Waals surface area contributed by atoms with Gasteiger partial charge in [0.05, 0.1) is 6.61 Å². The quantitative estimate of drug-likeness (QED) is 0.0450. The molecule has 2 heteroatoms. The van der Waals surface area contributed by atoms with Crippen molar-refractivity contribution in [3.8, 4) is 0 Å². The second-order valence-corrected chi connectivity index (χ2v) is 20.4. The van der Waals surface area contributed by atoms with E-state index < -0.39 is 0 Å². The highest BCUT2D eigenvalue weighted by Gasteiger charge is 2.03. The van der Waals surface area contributed by atoms with Crippen LogP contribution in [0.2, 0.25) is 0 Å². The van der Waals surface area contributed by atoms with E-state index in [2.05, 4.69) is 13.8 Å². The number of hydrogen-bond donors (Lipinski definition) is 0. The lowest BCUT2D eigenvalue weighted by Crippen LogP contribution is -2.05. The van der Waals surface area contributed by atoms with E-state index >= 15 is 0 Å². The summed E-state index contributed by atoms with van der Waals surface area (Å²) in [6, 6.07) is 0. The van der Waals surface area contributed by atoms with Gasteiger partial charge in [0.15, 0.2) is 0 Å². The van der Waals surface area contributed by atoms with Gasteiger partial charge in [-0.15, -0.1) is 0 Å². The summed E-state index contributed by atoms with van der Waals surface area (Å²) < 4.78 is 5.52. The molecule has 0 aliphatic rings. The molecule has 0 amide bonds. The largest absolute Gasteiger partial charge is 0.466 e. The zero-order chi connectivity index (χ0) is 43.9. The van der Waals surface area contributed by atoms with E-state index in [9.17, 15) is 4.79 Å². The first-order valence-electron chi connectivity index (χ1n) is 29.5. The molecule has 0 N–H and O–H groups in total. The van der Waals surface area contributed by atoms with Gasteiger partial charge in [-0.3, -0.25) is 4.79 Å². The van der Waals surface area contributed by atoms with Gasteiger partial charge in [-0.05, 0) is 12.8 Å². The fraction of sp³-hybridized carbons (Fsp3) is 0.983. The topological polar surface area (TPSA) is 26.3 Å². The van der Waals surface area contributed by atoms with Crippen molar-refractivity contribution < 1.29 is 9.53 Å². The smallest absolute Gasteiger partial charge is 0.305 e. The maximum absolute atomic E-state index is 12.1. The van der Waals surface area contributed by atoms with Crippen LogP contribution < -0.4 is 0 Å². The lowest BCUT2D eigenvalue weighted by Gasteiger charge is -2.06. The average molecular weight is 860 g/mol. The van der Waals surface area contributed by atoms with Crippen molar-refractivity contribution in [1.29, 1.82) is 0 Å². The van der Waals surface area contributed by atoms with Crippen molar-refractivity contribution in [3.63, 3.8) is 0 Å². The van der Waals surface area contributed by atoms with Crippen molar-refractivity contribution in [2.45, 2.75) is 367 Å². The fourth-order valence-corrected chi connectivity index (χ4v) is 9.61. The molecule has 0 aromatic rings. The van der Waals surface area contributed by atoms with Crippen LogP contribution in [0.5, 0.6) is 0 Å². The summed E-state index contributed by atoms with van der Waals surface area (Å²) in [5, 5.41) is 0. The summed E-state index contributed by atoms with van der Waals surface area (Å²) >= 11 is 0. The SMILES string of the molecule is CCCCCCCCCCCCCCCCCCCCCCCCCCCCCCOC(=O)CCCCCCCCCCCCCCCCCCCCCCCCCCCC. The molecule has 0 radical (unpaired) electrons. The predicted molar refractivity (Wildman–Crippen MR) is 276 cm³/mol. The average Bonchev–Trinajstić information content (AvgIpc) is 3.27. The van der Waals surface area contributed by atoms with Crippen molar-refractivity contribution in [2.75, 3.05) is 6.61 Å². The van der Waals surface area contributed by atoms with Crippen LogP contribution >= 0.6 is 0 Å². The van der Waals surface area contributed by atoms with Gasteiger partial charge in [0.25, 0.3) is 0 Å². The van der Waals surface area contributed by atoms with Crippen LogP contribution in [-0.4, -0.2) is 12.6 Å². The molecule has 0 aliphatic heterocycles. The highest BCUT2D eigenvalue weighted by Crippen LogP contribution is 2.19. The maximum atomic E-state index is 12.1. The molecule has 366 valence electrons. The maximum Gasteiger partial charge on any atom is 0.305 e. The number of esters is 1. The summed E-state index contributed by atoms with van der Waals surface area (Å²) in [5.41, 5.74) is 0. The molecule has 0 heterocycles. The Balaban J connectivity index is 3.14. The van der Waals surface area contributed by atoms with E-state index in [0.717, 1.165) is 12.8 Å². The molecule has 61 heavy (non-hydrogen) atoms. The number of rotatable bonds is 56. The summed E-state index contributed by atoms with van der Waals surface area (Å²) in [7, 11) is 0. The lowest BCUT2D eigenvalue weighted by molar-refractivity contribution is -0.143. The Labute approximate surface area is 387 Å². The zero-order valence-corrected chi connectivity index (χ0v) is 42.9.